The average Bonchev–Trinajstić information content (AvgIpc) is 3.23. The number of hydrogen-bond acceptors (Lipinski definition) is 4. The standard InChI is InChI=1S/C25H19NO4/c1-15-23(20-8-4-6-10-22(20)26-15)25(17-11-13-18(14-12-17)29-16(2)27)21-9-5-3-7-19(21)24(28)30-25/h3-14,26H,1-2H3. The Labute approximate surface area is 173 Å². The Balaban J connectivity index is 1.82. The number of ether oxygens (including phenoxy) is 2. The molecule has 1 aliphatic rings. The fraction of sp³-hybridized carbons (Fsp3) is 0.120. The van der Waals surface area contributed by atoms with Crippen molar-refractivity contribution in [2.45, 2.75) is 19.4 Å². The van der Waals surface area contributed by atoms with Gasteiger partial charge in [-0.3, -0.25) is 4.79 Å². The Kier molecular flexibility index (Phi) is 4.00. The fourth-order valence-corrected chi connectivity index (χ4v) is 4.42. The van der Waals surface area contributed by atoms with Gasteiger partial charge in [0.2, 0.25) is 0 Å². The minimum absolute atomic E-state index is 0.362. The number of rotatable bonds is 3. The number of fused-ring (bicyclic) bond motifs is 2. The zero-order valence-electron chi connectivity index (χ0n) is 16.6. The highest BCUT2D eigenvalue weighted by atomic mass is 16.6. The predicted octanol–water partition coefficient (Wildman–Crippen LogP) is 4.86. The maximum atomic E-state index is 12.9. The van der Waals surface area contributed by atoms with Crippen LogP contribution in [0.2, 0.25) is 0 Å². The Morgan fingerprint density at radius 1 is 0.967 bits per heavy atom. The van der Waals surface area contributed by atoms with Gasteiger partial charge in [0, 0.05) is 40.2 Å². The molecule has 30 heavy (non-hydrogen) atoms. The third-order valence-corrected chi connectivity index (χ3v) is 5.54. The van der Waals surface area contributed by atoms with Gasteiger partial charge in [-0.25, -0.2) is 4.79 Å². The predicted molar refractivity (Wildman–Crippen MR) is 113 cm³/mol. The smallest absolute Gasteiger partial charge is 0.340 e. The summed E-state index contributed by atoms with van der Waals surface area (Å²) < 4.78 is 11.4. The number of carbonyl (C=O) groups excluding carboxylic acids is 2. The van der Waals surface area contributed by atoms with Gasteiger partial charge < -0.3 is 14.5 Å². The van der Waals surface area contributed by atoms with Crippen molar-refractivity contribution in [2.24, 2.45) is 0 Å². The molecular weight excluding hydrogens is 378 g/mol. The first-order valence-corrected chi connectivity index (χ1v) is 9.70. The molecule has 5 rings (SSSR count). The zero-order chi connectivity index (χ0) is 20.9. The Hall–Kier alpha value is -3.86. The van der Waals surface area contributed by atoms with E-state index >= 15 is 0 Å². The average molecular weight is 397 g/mol. The molecular formula is C25H19NO4. The van der Waals surface area contributed by atoms with Gasteiger partial charge in [0.25, 0.3) is 0 Å². The molecule has 0 spiro atoms. The van der Waals surface area contributed by atoms with E-state index in [0.717, 1.165) is 33.3 Å². The molecule has 0 fully saturated rings. The molecule has 1 N–H and O–H groups in total. The van der Waals surface area contributed by atoms with Crippen molar-refractivity contribution in [3.05, 3.63) is 101 Å². The molecule has 0 radical (unpaired) electrons. The van der Waals surface area contributed by atoms with Crippen LogP contribution >= 0.6 is 0 Å². The van der Waals surface area contributed by atoms with Crippen LogP contribution in [0.1, 0.15) is 39.7 Å². The van der Waals surface area contributed by atoms with Crippen molar-refractivity contribution in [3.8, 4) is 5.75 Å². The van der Waals surface area contributed by atoms with E-state index in [0.29, 0.717) is 11.3 Å². The lowest BCUT2D eigenvalue weighted by molar-refractivity contribution is -0.131. The van der Waals surface area contributed by atoms with Gasteiger partial charge in [0.15, 0.2) is 5.60 Å². The van der Waals surface area contributed by atoms with E-state index in [-0.39, 0.29) is 11.9 Å². The molecule has 2 heterocycles. The van der Waals surface area contributed by atoms with Crippen molar-refractivity contribution >= 4 is 22.8 Å². The van der Waals surface area contributed by atoms with Gasteiger partial charge in [-0.15, -0.1) is 0 Å². The quantitative estimate of drug-likeness (QED) is 0.396. The van der Waals surface area contributed by atoms with Crippen LogP contribution in [0, 0.1) is 6.92 Å². The molecule has 0 saturated heterocycles. The second kappa shape index (κ2) is 6.59. The molecule has 1 atom stereocenters. The van der Waals surface area contributed by atoms with Crippen molar-refractivity contribution in [1.29, 1.82) is 0 Å². The highest BCUT2D eigenvalue weighted by Crippen LogP contribution is 2.50. The summed E-state index contributed by atoms with van der Waals surface area (Å²) in [5.41, 5.74) is 3.81. The molecule has 0 bridgehead atoms. The number of aryl methyl sites for hydroxylation is 1. The van der Waals surface area contributed by atoms with Gasteiger partial charge in [0.05, 0.1) is 5.56 Å². The van der Waals surface area contributed by atoms with Gasteiger partial charge in [0.1, 0.15) is 5.75 Å². The number of aromatic amines is 1. The first kappa shape index (κ1) is 18.2. The van der Waals surface area contributed by atoms with Crippen LogP contribution in [0.25, 0.3) is 10.9 Å². The fourth-order valence-electron chi connectivity index (χ4n) is 4.42. The van der Waals surface area contributed by atoms with Crippen molar-refractivity contribution < 1.29 is 19.1 Å². The van der Waals surface area contributed by atoms with E-state index in [9.17, 15) is 9.59 Å². The Morgan fingerprint density at radius 2 is 1.67 bits per heavy atom. The van der Waals surface area contributed by atoms with E-state index in [1.165, 1.54) is 6.92 Å². The number of nitrogens with one attached hydrogen (secondary N) is 1. The minimum atomic E-state index is -1.11. The molecule has 5 heteroatoms. The van der Waals surface area contributed by atoms with Gasteiger partial charge in [-0.1, -0.05) is 48.5 Å². The SMILES string of the molecule is CC(=O)Oc1ccc(C2(c3c(C)[nH]c4ccccc34)OC(=O)c3ccccc32)cc1. The number of esters is 2. The topological polar surface area (TPSA) is 68.4 Å². The summed E-state index contributed by atoms with van der Waals surface area (Å²) in [4.78, 5) is 27.6. The summed E-state index contributed by atoms with van der Waals surface area (Å²) in [6, 6.07) is 22.6. The van der Waals surface area contributed by atoms with Crippen LogP contribution in [-0.2, 0) is 15.1 Å². The molecule has 0 aliphatic carbocycles. The molecule has 0 amide bonds. The number of cyclic esters (lactones) is 1. The summed E-state index contributed by atoms with van der Waals surface area (Å²) in [6.07, 6.45) is 0. The maximum Gasteiger partial charge on any atom is 0.340 e. The summed E-state index contributed by atoms with van der Waals surface area (Å²) in [7, 11) is 0. The molecule has 3 aromatic carbocycles. The molecule has 148 valence electrons. The van der Waals surface area contributed by atoms with Crippen molar-refractivity contribution in [1.82, 2.24) is 4.98 Å². The lowest BCUT2D eigenvalue weighted by Crippen LogP contribution is -2.30. The lowest BCUT2D eigenvalue weighted by Gasteiger charge is -2.30. The monoisotopic (exact) mass is 397 g/mol. The van der Waals surface area contributed by atoms with Gasteiger partial charge in [-0.05, 0) is 31.2 Å². The first-order valence-electron chi connectivity index (χ1n) is 9.70. The minimum Gasteiger partial charge on any atom is -0.440 e. The lowest BCUT2D eigenvalue weighted by atomic mass is 9.78. The Morgan fingerprint density at radius 3 is 2.43 bits per heavy atom. The van der Waals surface area contributed by atoms with Crippen LogP contribution < -0.4 is 4.74 Å². The number of carbonyl (C=O) groups is 2. The van der Waals surface area contributed by atoms with Gasteiger partial charge >= 0.3 is 11.9 Å². The molecule has 5 nitrogen and oxygen atoms in total. The number of para-hydroxylation sites is 1. The van der Waals surface area contributed by atoms with Crippen LogP contribution in [0.4, 0.5) is 0 Å². The van der Waals surface area contributed by atoms with Crippen molar-refractivity contribution in [3.63, 3.8) is 0 Å². The largest absolute Gasteiger partial charge is 0.440 e. The maximum absolute atomic E-state index is 12.9. The third-order valence-electron chi connectivity index (χ3n) is 5.54. The second-order valence-electron chi connectivity index (χ2n) is 7.40. The van der Waals surface area contributed by atoms with E-state index in [2.05, 4.69) is 4.98 Å². The molecule has 0 saturated carbocycles. The number of hydrogen-bond donors (Lipinski definition) is 1. The highest BCUT2D eigenvalue weighted by molar-refractivity contribution is 5.98. The van der Waals surface area contributed by atoms with Crippen molar-refractivity contribution in [2.75, 3.05) is 0 Å². The second-order valence-corrected chi connectivity index (χ2v) is 7.40. The summed E-state index contributed by atoms with van der Waals surface area (Å²) in [5.74, 6) is -0.309. The van der Waals surface area contributed by atoms with Crippen LogP contribution in [0.15, 0.2) is 72.8 Å². The van der Waals surface area contributed by atoms with Gasteiger partial charge in [-0.2, -0.15) is 0 Å². The Bertz CT molecular complexity index is 1300. The van der Waals surface area contributed by atoms with Crippen LogP contribution in [0.5, 0.6) is 5.75 Å². The summed E-state index contributed by atoms with van der Waals surface area (Å²) >= 11 is 0. The number of H-pyrrole nitrogens is 1. The molecule has 1 aliphatic heterocycles. The third kappa shape index (κ3) is 2.55. The molecule has 4 aromatic rings. The molecule has 1 aromatic heterocycles. The van der Waals surface area contributed by atoms with E-state index in [4.69, 9.17) is 9.47 Å². The molecule has 1 unspecified atom stereocenters. The normalized spacial score (nSPS) is 17.6. The first-order chi connectivity index (χ1) is 14.5. The van der Waals surface area contributed by atoms with E-state index < -0.39 is 5.60 Å². The highest BCUT2D eigenvalue weighted by Gasteiger charge is 2.50. The summed E-state index contributed by atoms with van der Waals surface area (Å²) in [5, 5.41) is 0.989. The van der Waals surface area contributed by atoms with Crippen LogP contribution in [-0.4, -0.2) is 16.9 Å². The number of aromatic nitrogens is 1. The number of benzene rings is 3. The van der Waals surface area contributed by atoms with E-state index in [1.54, 1.807) is 18.2 Å². The summed E-state index contributed by atoms with van der Waals surface area (Å²) in [6.45, 7) is 3.35. The van der Waals surface area contributed by atoms with E-state index in [1.807, 2.05) is 61.5 Å². The van der Waals surface area contributed by atoms with Crippen LogP contribution in [0.3, 0.4) is 0 Å². The zero-order valence-corrected chi connectivity index (χ0v) is 16.6.